The number of piperidine rings is 1. The second-order valence-corrected chi connectivity index (χ2v) is 9.75. The zero-order valence-corrected chi connectivity index (χ0v) is 21.1. The number of benzene rings is 2. The number of rotatable bonds is 6. The van der Waals surface area contributed by atoms with Gasteiger partial charge in [-0.05, 0) is 60.2 Å². The summed E-state index contributed by atoms with van der Waals surface area (Å²) < 4.78 is 0. The van der Waals surface area contributed by atoms with Gasteiger partial charge in [-0.3, -0.25) is 19.3 Å². The Morgan fingerprint density at radius 1 is 1.03 bits per heavy atom. The number of amides is 2. The first kappa shape index (κ1) is 24.7. The number of fused-ring (bicyclic) bond motifs is 1. The van der Waals surface area contributed by atoms with E-state index in [0.717, 1.165) is 55.8 Å². The number of hydrogen-bond donors (Lipinski definition) is 1. The standard InChI is InChI=1S/C30H32N4O3/c1-22(35)33-18-12-25-8-9-27(20-28(25)33)34(30(37)10-7-23-11-15-31-29(36)19-23)26-13-16-32(17-14-26)21-24-5-3-2-4-6-24/h2-11,15,19-20,26H,12-14,16-18,21H2,1H3,(H,31,36)/b10-7+. The molecule has 0 saturated carbocycles. The summed E-state index contributed by atoms with van der Waals surface area (Å²) in [6, 6.07) is 19.7. The molecule has 0 atom stereocenters. The average Bonchev–Trinajstić information content (AvgIpc) is 3.33. The van der Waals surface area contributed by atoms with Crippen LogP contribution >= 0.6 is 0 Å². The van der Waals surface area contributed by atoms with Crippen LogP contribution in [0.4, 0.5) is 11.4 Å². The zero-order chi connectivity index (χ0) is 25.8. The Balaban J connectivity index is 1.39. The number of carbonyl (C=O) groups is 2. The van der Waals surface area contributed by atoms with Crippen LogP contribution in [0.25, 0.3) is 6.08 Å². The van der Waals surface area contributed by atoms with Crippen LogP contribution in [0.2, 0.25) is 0 Å². The van der Waals surface area contributed by atoms with Crippen molar-refractivity contribution in [2.24, 2.45) is 0 Å². The highest BCUT2D eigenvalue weighted by molar-refractivity contribution is 6.05. The van der Waals surface area contributed by atoms with Gasteiger partial charge in [0.2, 0.25) is 11.5 Å². The molecular formula is C30H32N4O3. The first-order valence-corrected chi connectivity index (χ1v) is 12.9. The highest BCUT2D eigenvalue weighted by Crippen LogP contribution is 2.34. The van der Waals surface area contributed by atoms with E-state index in [9.17, 15) is 14.4 Å². The summed E-state index contributed by atoms with van der Waals surface area (Å²) >= 11 is 0. The summed E-state index contributed by atoms with van der Waals surface area (Å²) in [5.41, 5.74) is 4.57. The highest BCUT2D eigenvalue weighted by atomic mass is 16.2. The molecule has 3 heterocycles. The number of anilines is 2. The van der Waals surface area contributed by atoms with Crippen LogP contribution in [0.5, 0.6) is 0 Å². The molecule has 2 aromatic carbocycles. The van der Waals surface area contributed by atoms with Crippen LogP contribution in [-0.2, 0) is 22.6 Å². The Kier molecular flexibility index (Phi) is 7.32. The quantitative estimate of drug-likeness (QED) is 0.524. The van der Waals surface area contributed by atoms with Gasteiger partial charge >= 0.3 is 0 Å². The lowest BCUT2D eigenvalue weighted by Gasteiger charge is -2.38. The van der Waals surface area contributed by atoms with Crippen molar-refractivity contribution in [2.45, 2.75) is 38.8 Å². The number of aromatic amines is 1. The molecule has 0 spiro atoms. The maximum atomic E-state index is 13.6. The SMILES string of the molecule is CC(=O)N1CCc2ccc(N(C(=O)/C=C/c3cc[nH]c(=O)c3)C3CCN(Cc4ccccc4)CC3)cc21. The molecule has 0 bridgehead atoms. The maximum Gasteiger partial charge on any atom is 0.251 e. The molecule has 190 valence electrons. The average molecular weight is 497 g/mol. The molecule has 5 rings (SSSR count). The largest absolute Gasteiger partial charge is 0.329 e. The first-order valence-electron chi connectivity index (χ1n) is 12.9. The molecule has 2 aliphatic rings. The Labute approximate surface area is 217 Å². The predicted molar refractivity (Wildman–Crippen MR) is 146 cm³/mol. The van der Waals surface area contributed by atoms with E-state index in [1.54, 1.807) is 36.2 Å². The Bertz CT molecular complexity index is 1360. The molecule has 2 amide bonds. The number of carbonyl (C=O) groups excluding carboxylic acids is 2. The fourth-order valence-electron chi connectivity index (χ4n) is 5.35. The zero-order valence-electron chi connectivity index (χ0n) is 21.1. The Morgan fingerprint density at radius 2 is 1.81 bits per heavy atom. The van der Waals surface area contributed by atoms with E-state index in [0.29, 0.717) is 12.1 Å². The van der Waals surface area contributed by atoms with E-state index in [1.807, 2.05) is 29.2 Å². The van der Waals surface area contributed by atoms with Crippen molar-refractivity contribution in [3.63, 3.8) is 0 Å². The van der Waals surface area contributed by atoms with Crippen LogP contribution in [0.3, 0.4) is 0 Å². The van der Waals surface area contributed by atoms with Gasteiger partial charge < -0.3 is 14.8 Å². The van der Waals surface area contributed by atoms with Gasteiger partial charge in [0.1, 0.15) is 0 Å². The highest BCUT2D eigenvalue weighted by Gasteiger charge is 2.30. The van der Waals surface area contributed by atoms with Crippen molar-refractivity contribution < 1.29 is 9.59 Å². The van der Waals surface area contributed by atoms with Gasteiger partial charge in [-0.25, -0.2) is 0 Å². The van der Waals surface area contributed by atoms with Gasteiger partial charge in [-0.15, -0.1) is 0 Å². The first-order chi connectivity index (χ1) is 18.0. The van der Waals surface area contributed by atoms with Gasteiger partial charge in [0.05, 0.1) is 0 Å². The molecule has 0 aliphatic carbocycles. The summed E-state index contributed by atoms with van der Waals surface area (Å²) in [6.45, 7) is 4.94. The Hall–Kier alpha value is -3.97. The van der Waals surface area contributed by atoms with Crippen LogP contribution in [-0.4, -0.2) is 47.4 Å². The van der Waals surface area contributed by atoms with E-state index < -0.39 is 0 Å². The van der Waals surface area contributed by atoms with E-state index >= 15 is 0 Å². The Morgan fingerprint density at radius 3 is 2.54 bits per heavy atom. The summed E-state index contributed by atoms with van der Waals surface area (Å²) in [4.78, 5) is 46.2. The van der Waals surface area contributed by atoms with Crippen molar-refractivity contribution in [1.82, 2.24) is 9.88 Å². The van der Waals surface area contributed by atoms with Gasteiger partial charge in [0.15, 0.2) is 0 Å². The minimum absolute atomic E-state index is 0.0113. The van der Waals surface area contributed by atoms with E-state index in [-0.39, 0.29) is 23.4 Å². The lowest BCUT2D eigenvalue weighted by atomic mass is 10.0. The number of H-pyrrole nitrogens is 1. The van der Waals surface area contributed by atoms with Crippen molar-refractivity contribution in [3.8, 4) is 0 Å². The molecular weight excluding hydrogens is 464 g/mol. The number of nitrogens with zero attached hydrogens (tertiary/aromatic N) is 3. The van der Waals surface area contributed by atoms with Crippen molar-refractivity contribution in [3.05, 3.63) is 100.0 Å². The molecule has 0 unspecified atom stereocenters. The molecule has 3 aromatic rings. The van der Waals surface area contributed by atoms with Gasteiger partial charge in [-0.1, -0.05) is 36.4 Å². The summed E-state index contributed by atoms with van der Waals surface area (Å²) in [7, 11) is 0. The van der Waals surface area contributed by atoms with Gasteiger partial charge in [0, 0.05) is 68.9 Å². The summed E-state index contributed by atoms with van der Waals surface area (Å²) in [5, 5.41) is 0. The van der Waals surface area contributed by atoms with Crippen molar-refractivity contribution in [1.29, 1.82) is 0 Å². The van der Waals surface area contributed by atoms with Crippen LogP contribution in [0.15, 0.2) is 77.7 Å². The molecule has 1 fully saturated rings. The van der Waals surface area contributed by atoms with Gasteiger partial charge in [-0.2, -0.15) is 0 Å². The molecule has 1 N–H and O–H groups in total. The third kappa shape index (κ3) is 5.73. The van der Waals surface area contributed by atoms with Crippen LogP contribution in [0, 0.1) is 0 Å². The minimum atomic E-state index is -0.208. The maximum absolute atomic E-state index is 13.6. The number of likely N-dealkylation sites (tertiary alicyclic amines) is 1. The van der Waals surface area contributed by atoms with Crippen LogP contribution in [0.1, 0.15) is 36.5 Å². The third-order valence-corrected chi connectivity index (χ3v) is 7.25. The minimum Gasteiger partial charge on any atom is -0.329 e. The fraction of sp³-hybridized carbons (Fsp3) is 0.300. The summed E-state index contributed by atoms with van der Waals surface area (Å²) in [6.07, 6.45) is 7.33. The molecule has 1 saturated heterocycles. The monoisotopic (exact) mass is 496 g/mol. The normalized spacial score (nSPS) is 16.2. The topological polar surface area (TPSA) is 76.7 Å². The van der Waals surface area contributed by atoms with E-state index in [1.165, 1.54) is 11.6 Å². The summed E-state index contributed by atoms with van der Waals surface area (Å²) in [5.74, 6) is -0.119. The molecule has 0 radical (unpaired) electrons. The van der Waals surface area contributed by atoms with Crippen molar-refractivity contribution >= 4 is 29.3 Å². The molecule has 1 aromatic heterocycles. The molecule has 37 heavy (non-hydrogen) atoms. The second kappa shape index (κ2) is 11.0. The predicted octanol–water partition coefficient (Wildman–Crippen LogP) is 3.99. The van der Waals surface area contributed by atoms with E-state index in [2.05, 4.69) is 34.1 Å². The molecule has 7 nitrogen and oxygen atoms in total. The second-order valence-electron chi connectivity index (χ2n) is 9.75. The number of pyridine rings is 1. The number of aromatic nitrogens is 1. The third-order valence-electron chi connectivity index (χ3n) is 7.25. The molecule has 7 heteroatoms. The van der Waals surface area contributed by atoms with Crippen molar-refractivity contribution in [2.75, 3.05) is 29.4 Å². The lowest BCUT2D eigenvalue weighted by molar-refractivity contribution is -0.116. The lowest BCUT2D eigenvalue weighted by Crippen LogP contribution is -2.47. The fourth-order valence-corrected chi connectivity index (χ4v) is 5.35. The number of nitrogens with one attached hydrogen (secondary N) is 1. The van der Waals surface area contributed by atoms with Gasteiger partial charge in [0.25, 0.3) is 5.91 Å². The van der Waals surface area contributed by atoms with E-state index in [4.69, 9.17) is 0 Å². The molecule has 2 aliphatic heterocycles. The smallest absolute Gasteiger partial charge is 0.251 e. The van der Waals surface area contributed by atoms with Crippen LogP contribution < -0.4 is 15.4 Å². The number of hydrogen-bond acceptors (Lipinski definition) is 4.